The van der Waals surface area contributed by atoms with E-state index in [9.17, 15) is 0 Å². The Morgan fingerprint density at radius 1 is 1.42 bits per heavy atom. The molecule has 2 rings (SSSR count). The monoisotopic (exact) mass is 293 g/mol. The standard InChI is InChI=1S/C14H19N3S2/c1-11(6-8-18-2)16-9-12-10-19-14(17-12)13-5-3-4-7-15-13/h3-5,7,10-11,16H,6,8-9H2,1-2H3. The molecule has 0 aliphatic rings. The lowest BCUT2D eigenvalue weighted by atomic mass is 10.2. The third-order valence-corrected chi connectivity index (χ3v) is 4.38. The van der Waals surface area contributed by atoms with Gasteiger partial charge in [0, 0.05) is 24.2 Å². The highest BCUT2D eigenvalue weighted by Gasteiger charge is 2.06. The first kappa shape index (κ1) is 14.5. The van der Waals surface area contributed by atoms with E-state index in [-0.39, 0.29) is 0 Å². The summed E-state index contributed by atoms with van der Waals surface area (Å²) in [5.41, 5.74) is 2.05. The van der Waals surface area contributed by atoms with Crippen molar-refractivity contribution in [2.75, 3.05) is 12.0 Å². The number of hydrogen-bond acceptors (Lipinski definition) is 5. The lowest BCUT2D eigenvalue weighted by molar-refractivity contribution is 0.533. The highest BCUT2D eigenvalue weighted by atomic mass is 32.2. The normalized spacial score (nSPS) is 12.5. The number of nitrogens with one attached hydrogen (secondary N) is 1. The van der Waals surface area contributed by atoms with Crippen LogP contribution in [0.1, 0.15) is 19.0 Å². The Bertz CT molecular complexity index is 484. The van der Waals surface area contributed by atoms with E-state index in [2.05, 4.69) is 33.8 Å². The fourth-order valence-electron chi connectivity index (χ4n) is 1.67. The Labute approximate surface area is 122 Å². The van der Waals surface area contributed by atoms with Crippen molar-refractivity contribution in [3.05, 3.63) is 35.5 Å². The predicted molar refractivity (Wildman–Crippen MR) is 84.6 cm³/mol. The van der Waals surface area contributed by atoms with Gasteiger partial charge in [-0.25, -0.2) is 4.98 Å². The molecule has 0 aliphatic carbocycles. The summed E-state index contributed by atoms with van der Waals surface area (Å²) in [6, 6.07) is 6.45. The average molecular weight is 293 g/mol. The van der Waals surface area contributed by atoms with Gasteiger partial charge in [0.1, 0.15) is 5.01 Å². The molecule has 0 aliphatic heterocycles. The van der Waals surface area contributed by atoms with Crippen molar-refractivity contribution in [2.45, 2.75) is 25.9 Å². The fourth-order valence-corrected chi connectivity index (χ4v) is 3.05. The first-order valence-corrected chi connectivity index (χ1v) is 8.65. The Morgan fingerprint density at radius 3 is 3.05 bits per heavy atom. The van der Waals surface area contributed by atoms with Crippen LogP contribution in [0.5, 0.6) is 0 Å². The first-order valence-electron chi connectivity index (χ1n) is 6.37. The molecule has 0 spiro atoms. The minimum Gasteiger partial charge on any atom is -0.309 e. The van der Waals surface area contributed by atoms with Gasteiger partial charge < -0.3 is 5.32 Å². The smallest absolute Gasteiger partial charge is 0.142 e. The van der Waals surface area contributed by atoms with Crippen LogP contribution in [-0.2, 0) is 6.54 Å². The molecule has 19 heavy (non-hydrogen) atoms. The molecule has 0 aromatic carbocycles. The number of pyridine rings is 1. The summed E-state index contributed by atoms with van der Waals surface area (Å²) in [6.07, 6.45) is 5.14. The summed E-state index contributed by atoms with van der Waals surface area (Å²) in [5, 5.41) is 6.61. The predicted octanol–water partition coefficient (Wildman–Crippen LogP) is 3.44. The van der Waals surface area contributed by atoms with Gasteiger partial charge in [0.15, 0.2) is 0 Å². The molecule has 5 heteroatoms. The quantitative estimate of drug-likeness (QED) is 0.848. The second kappa shape index (κ2) is 7.62. The SMILES string of the molecule is CSCCC(C)NCc1csc(-c2ccccn2)n1. The summed E-state index contributed by atoms with van der Waals surface area (Å²) < 4.78 is 0. The Balaban J connectivity index is 1.88. The molecule has 2 heterocycles. The molecule has 1 unspecified atom stereocenters. The largest absolute Gasteiger partial charge is 0.309 e. The molecule has 0 fully saturated rings. The van der Waals surface area contributed by atoms with Crippen molar-refractivity contribution < 1.29 is 0 Å². The zero-order valence-electron chi connectivity index (χ0n) is 11.3. The van der Waals surface area contributed by atoms with Gasteiger partial charge in [-0.1, -0.05) is 6.07 Å². The van der Waals surface area contributed by atoms with Gasteiger partial charge in [-0.15, -0.1) is 11.3 Å². The number of thioether (sulfide) groups is 1. The van der Waals surface area contributed by atoms with Crippen molar-refractivity contribution in [3.63, 3.8) is 0 Å². The van der Waals surface area contributed by atoms with E-state index < -0.39 is 0 Å². The van der Waals surface area contributed by atoms with Crippen LogP contribution in [0.4, 0.5) is 0 Å². The van der Waals surface area contributed by atoms with E-state index >= 15 is 0 Å². The molecule has 1 atom stereocenters. The second-order valence-corrected chi connectivity index (χ2v) is 6.27. The highest BCUT2D eigenvalue weighted by Crippen LogP contribution is 2.21. The Kier molecular flexibility index (Phi) is 5.82. The number of nitrogens with zero attached hydrogens (tertiary/aromatic N) is 2. The van der Waals surface area contributed by atoms with Crippen LogP contribution >= 0.6 is 23.1 Å². The molecule has 0 radical (unpaired) electrons. The molecular weight excluding hydrogens is 274 g/mol. The van der Waals surface area contributed by atoms with E-state index in [4.69, 9.17) is 0 Å². The molecule has 0 bridgehead atoms. The van der Waals surface area contributed by atoms with E-state index in [1.165, 1.54) is 12.2 Å². The van der Waals surface area contributed by atoms with Crippen LogP contribution in [0, 0.1) is 0 Å². The van der Waals surface area contributed by atoms with Crippen LogP contribution in [0.2, 0.25) is 0 Å². The van der Waals surface area contributed by atoms with Crippen LogP contribution in [0.15, 0.2) is 29.8 Å². The molecule has 2 aromatic heterocycles. The van der Waals surface area contributed by atoms with Crippen LogP contribution in [0.3, 0.4) is 0 Å². The summed E-state index contributed by atoms with van der Waals surface area (Å²) >= 11 is 3.55. The van der Waals surface area contributed by atoms with E-state index in [0.29, 0.717) is 6.04 Å². The van der Waals surface area contributed by atoms with Crippen LogP contribution < -0.4 is 5.32 Å². The number of rotatable bonds is 7. The van der Waals surface area contributed by atoms with E-state index in [0.717, 1.165) is 22.9 Å². The molecule has 0 amide bonds. The minimum absolute atomic E-state index is 0.535. The molecule has 2 aromatic rings. The Morgan fingerprint density at radius 2 is 2.32 bits per heavy atom. The molecular formula is C14H19N3S2. The maximum Gasteiger partial charge on any atom is 0.142 e. The van der Waals surface area contributed by atoms with Gasteiger partial charge in [0.25, 0.3) is 0 Å². The molecule has 0 saturated carbocycles. The zero-order chi connectivity index (χ0) is 13.5. The number of aromatic nitrogens is 2. The average Bonchev–Trinajstić information content (AvgIpc) is 2.93. The van der Waals surface area contributed by atoms with Gasteiger partial charge in [-0.3, -0.25) is 4.98 Å². The summed E-state index contributed by atoms with van der Waals surface area (Å²) in [7, 11) is 0. The van der Waals surface area contributed by atoms with Gasteiger partial charge in [0.05, 0.1) is 11.4 Å². The van der Waals surface area contributed by atoms with Gasteiger partial charge in [-0.2, -0.15) is 11.8 Å². The number of thiazole rings is 1. The van der Waals surface area contributed by atoms with Crippen LogP contribution in [-0.4, -0.2) is 28.0 Å². The maximum atomic E-state index is 4.62. The minimum atomic E-state index is 0.535. The second-order valence-electron chi connectivity index (χ2n) is 4.42. The van der Waals surface area contributed by atoms with Gasteiger partial charge in [-0.05, 0) is 37.5 Å². The van der Waals surface area contributed by atoms with Gasteiger partial charge >= 0.3 is 0 Å². The first-order chi connectivity index (χ1) is 9.29. The molecule has 3 nitrogen and oxygen atoms in total. The lowest BCUT2D eigenvalue weighted by Crippen LogP contribution is -2.26. The van der Waals surface area contributed by atoms with Crippen molar-refractivity contribution in [1.82, 2.24) is 15.3 Å². The van der Waals surface area contributed by atoms with Crippen molar-refractivity contribution in [1.29, 1.82) is 0 Å². The van der Waals surface area contributed by atoms with E-state index in [1.54, 1.807) is 17.5 Å². The van der Waals surface area contributed by atoms with Crippen molar-refractivity contribution >= 4 is 23.1 Å². The fraction of sp³-hybridized carbons (Fsp3) is 0.429. The molecule has 0 saturated heterocycles. The zero-order valence-corrected chi connectivity index (χ0v) is 12.9. The topological polar surface area (TPSA) is 37.8 Å². The van der Waals surface area contributed by atoms with E-state index in [1.807, 2.05) is 30.0 Å². The summed E-state index contributed by atoms with van der Waals surface area (Å²) in [6.45, 7) is 3.06. The van der Waals surface area contributed by atoms with Crippen molar-refractivity contribution in [3.8, 4) is 10.7 Å². The third kappa shape index (κ3) is 4.60. The molecule has 102 valence electrons. The third-order valence-electron chi connectivity index (χ3n) is 2.82. The van der Waals surface area contributed by atoms with Crippen molar-refractivity contribution in [2.24, 2.45) is 0 Å². The summed E-state index contributed by atoms with van der Waals surface area (Å²) in [4.78, 5) is 8.94. The summed E-state index contributed by atoms with van der Waals surface area (Å²) in [5.74, 6) is 1.20. The maximum absolute atomic E-state index is 4.62. The van der Waals surface area contributed by atoms with Crippen LogP contribution in [0.25, 0.3) is 10.7 Å². The lowest BCUT2D eigenvalue weighted by Gasteiger charge is -2.11. The van der Waals surface area contributed by atoms with Gasteiger partial charge in [0.2, 0.25) is 0 Å². The Hall–Kier alpha value is -0.910. The number of hydrogen-bond donors (Lipinski definition) is 1. The molecule has 1 N–H and O–H groups in total. The highest BCUT2D eigenvalue weighted by molar-refractivity contribution is 7.98.